The smallest absolute Gasteiger partial charge is 0.268 e. The van der Waals surface area contributed by atoms with Crippen molar-refractivity contribution >= 4 is 20.9 Å². The Kier molecular flexibility index (Phi) is 4.80. The van der Waals surface area contributed by atoms with Gasteiger partial charge in [0, 0.05) is 43.8 Å². The van der Waals surface area contributed by atoms with Crippen LogP contribution < -0.4 is 0 Å². The van der Waals surface area contributed by atoms with Gasteiger partial charge in [-0.3, -0.25) is 4.90 Å². The first-order chi connectivity index (χ1) is 12.9. The lowest BCUT2D eigenvalue weighted by Crippen LogP contribution is -2.49. The van der Waals surface area contributed by atoms with Crippen LogP contribution in [0.2, 0.25) is 0 Å². The lowest BCUT2D eigenvalue weighted by atomic mass is 10.1. The fourth-order valence-corrected chi connectivity index (χ4v) is 5.20. The molecule has 0 aliphatic carbocycles. The van der Waals surface area contributed by atoms with Gasteiger partial charge in [-0.05, 0) is 49.9 Å². The van der Waals surface area contributed by atoms with E-state index in [1.54, 1.807) is 30.5 Å². The van der Waals surface area contributed by atoms with Crippen LogP contribution in [0.15, 0.2) is 65.7 Å². The molecule has 2 aromatic carbocycles. The highest BCUT2D eigenvalue weighted by molar-refractivity contribution is 7.90. The Morgan fingerprint density at radius 1 is 1.04 bits per heavy atom. The Hall–Kier alpha value is -2.15. The number of benzene rings is 2. The van der Waals surface area contributed by atoms with Gasteiger partial charge in [0.2, 0.25) is 0 Å². The van der Waals surface area contributed by atoms with Gasteiger partial charge in [-0.1, -0.05) is 24.3 Å². The number of nitrogens with zero attached hydrogens (tertiary/aromatic N) is 3. The monoisotopic (exact) mass is 383 g/mol. The van der Waals surface area contributed by atoms with Crippen molar-refractivity contribution in [2.75, 3.05) is 26.7 Å². The van der Waals surface area contributed by atoms with Crippen molar-refractivity contribution in [3.8, 4) is 0 Å². The van der Waals surface area contributed by atoms with Crippen LogP contribution >= 0.6 is 0 Å². The van der Waals surface area contributed by atoms with Crippen LogP contribution in [0.25, 0.3) is 10.9 Å². The van der Waals surface area contributed by atoms with E-state index in [1.807, 2.05) is 24.3 Å². The number of aromatic nitrogens is 1. The van der Waals surface area contributed by atoms with Crippen molar-refractivity contribution in [2.24, 2.45) is 0 Å². The molecular formula is C21H25N3O2S. The van der Waals surface area contributed by atoms with Crippen LogP contribution in [0.3, 0.4) is 0 Å². The van der Waals surface area contributed by atoms with E-state index in [-0.39, 0.29) is 0 Å². The average molecular weight is 384 g/mol. The van der Waals surface area contributed by atoms with Gasteiger partial charge < -0.3 is 4.90 Å². The van der Waals surface area contributed by atoms with Crippen molar-refractivity contribution in [3.05, 3.63) is 66.4 Å². The average Bonchev–Trinajstić information content (AvgIpc) is 3.09. The summed E-state index contributed by atoms with van der Waals surface area (Å²) in [6.45, 7) is 6.37. The second-order valence-corrected chi connectivity index (χ2v) is 9.22. The molecule has 1 saturated heterocycles. The number of hydrogen-bond acceptors (Lipinski definition) is 4. The number of rotatable bonds is 4. The number of fused-ring (bicyclic) bond motifs is 1. The minimum absolute atomic E-state index is 0.304. The summed E-state index contributed by atoms with van der Waals surface area (Å²) in [4.78, 5) is 5.15. The third-order valence-electron chi connectivity index (χ3n) is 5.37. The van der Waals surface area contributed by atoms with Gasteiger partial charge in [-0.25, -0.2) is 12.4 Å². The quantitative estimate of drug-likeness (QED) is 0.695. The van der Waals surface area contributed by atoms with Gasteiger partial charge in [0.05, 0.1) is 10.4 Å². The van der Waals surface area contributed by atoms with E-state index < -0.39 is 10.0 Å². The normalized spacial score (nSPS) is 19.6. The summed E-state index contributed by atoms with van der Waals surface area (Å²) in [5.74, 6) is 0. The molecule has 6 heteroatoms. The van der Waals surface area contributed by atoms with Crippen molar-refractivity contribution in [2.45, 2.75) is 24.4 Å². The molecule has 1 fully saturated rings. The summed E-state index contributed by atoms with van der Waals surface area (Å²) < 4.78 is 27.2. The molecule has 142 valence electrons. The Balaban J connectivity index is 1.62. The van der Waals surface area contributed by atoms with Crippen LogP contribution in [0.1, 0.15) is 12.5 Å². The van der Waals surface area contributed by atoms with Crippen LogP contribution in [0, 0.1) is 0 Å². The highest BCUT2D eigenvalue weighted by atomic mass is 32.2. The topological polar surface area (TPSA) is 45.5 Å². The zero-order chi connectivity index (χ0) is 19.0. The van der Waals surface area contributed by atoms with Crippen LogP contribution in [-0.2, 0) is 16.6 Å². The van der Waals surface area contributed by atoms with E-state index in [0.717, 1.165) is 31.6 Å². The standard InChI is InChI=1S/C21H25N3O2S/c1-17-15-22(2)12-13-23(17)16-18-8-9-21-19(14-18)10-11-24(21)27(25,26)20-6-4-3-5-7-20/h3-11,14,17H,12-13,15-16H2,1-2H3. The predicted octanol–water partition coefficient (Wildman–Crippen LogP) is 3.01. The minimum Gasteiger partial charge on any atom is -0.304 e. The number of piperazine rings is 1. The first-order valence-corrected chi connectivity index (χ1v) is 10.7. The molecule has 1 aliphatic heterocycles. The molecule has 1 unspecified atom stereocenters. The molecule has 1 atom stereocenters. The summed E-state index contributed by atoms with van der Waals surface area (Å²) in [5, 5.41) is 0.953. The molecule has 1 aliphatic rings. The molecule has 0 radical (unpaired) electrons. The third-order valence-corrected chi connectivity index (χ3v) is 7.08. The SMILES string of the molecule is CC1CN(C)CCN1Cc1ccc2c(ccn2S(=O)(=O)c2ccccc2)c1. The van der Waals surface area contributed by atoms with Crippen molar-refractivity contribution < 1.29 is 8.42 Å². The van der Waals surface area contributed by atoms with E-state index >= 15 is 0 Å². The molecule has 1 aromatic heterocycles. The van der Waals surface area contributed by atoms with E-state index in [2.05, 4.69) is 29.8 Å². The Bertz CT molecular complexity index is 1040. The van der Waals surface area contributed by atoms with Crippen molar-refractivity contribution in [1.29, 1.82) is 0 Å². The van der Waals surface area contributed by atoms with Gasteiger partial charge in [0.15, 0.2) is 0 Å². The maximum Gasteiger partial charge on any atom is 0.268 e. The Labute approximate surface area is 160 Å². The highest BCUT2D eigenvalue weighted by Gasteiger charge is 2.22. The second kappa shape index (κ2) is 7.11. The molecule has 0 N–H and O–H groups in total. The van der Waals surface area contributed by atoms with Crippen LogP contribution in [-0.4, -0.2) is 54.9 Å². The fraction of sp³-hybridized carbons (Fsp3) is 0.333. The molecule has 0 saturated carbocycles. The fourth-order valence-electron chi connectivity index (χ4n) is 3.83. The van der Waals surface area contributed by atoms with Crippen molar-refractivity contribution in [3.63, 3.8) is 0 Å². The van der Waals surface area contributed by atoms with Crippen LogP contribution in [0.5, 0.6) is 0 Å². The van der Waals surface area contributed by atoms with E-state index in [1.165, 1.54) is 9.54 Å². The summed E-state index contributed by atoms with van der Waals surface area (Å²) >= 11 is 0. The van der Waals surface area contributed by atoms with Gasteiger partial charge >= 0.3 is 0 Å². The number of likely N-dealkylation sites (N-methyl/N-ethyl adjacent to an activating group) is 1. The van der Waals surface area contributed by atoms with Gasteiger partial charge in [-0.15, -0.1) is 0 Å². The lowest BCUT2D eigenvalue weighted by Gasteiger charge is -2.38. The molecule has 5 nitrogen and oxygen atoms in total. The highest BCUT2D eigenvalue weighted by Crippen LogP contribution is 2.24. The van der Waals surface area contributed by atoms with Crippen LogP contribution in [0.4, 0.5) is 0 Å². The minimum atomic E-state index is -3.58. The van der Waals surface area contributed by atoms with Gasteiger partial charge in [0.25, 0.3) is 10.0 Å². The van der Waals surface area contributed by atoms with Gasteiger partial charge in [0.1, 0.15) is 0 Å². The molecule has 0 bridgehead atoms. The van der Waals surface area contributed by atoms with E-state index in [9.17, 15) is 8.42 Å². The molecule has 4 rings (SSSR count). The van der Waals surface area contributed by atoms with Gasteiger partial charge in [-0.2, -0.15) is 0 Å². The summed E-state index contributed by atoms with van der Waals surface area (Å²) in [6, 6.07) is 17.0. The summed E-state index contributed by atoms with van der Waals surface area (Å²) in [7, 11) is -1.41. The Morgan fingerprint density at radius 2 is 1.81 bits per heavy atom. The second-order valence-electron chi connectivity index (χ2n) is 7.40. The molecular weight excluding hydrogens is 358 g/mol. The Morgan fingerprint density at radius 3 is 2.56 bits per heavy atom. The third kappa shape index (κ3) is 3.52. The lowest BCUT2D eigenvalue weighted by molar-refractivity contribution is 0.0939. The van der Waals surface area contributed by atoms with Crippen molar-refractivity contribution in [1.82, 2.24) is 13.8 Å². The predicted molar refractivity (Wildman–Crippen MR) is 108 cm³/mol. The zero-order valence-corrected chi connectivity index (χ0v) is 16.6. The molecule has 27 heavy (non-hydrogen) atoms. The number of hydrogen-bond donors (Lipinski definition) is 0. The maximum absolute atomic E-state index is 12.9. The molecule has 2 heterocycles. The zero-order valence-electron chi connectivity index (χ0n) is 15.7. The van der Waals surface area contributed by atoms with E-state index in [0.29, 0.717) is 16.5 Å². The summed E-state index contributed by atoms with van der Waals surface area (Å²) in [5.41, 5.74) is 1.93. The molecule has 3 aromatic rings. The first kappa shape index (κ1) is 18.2. The first-order valence-electron chi connectivity index (χ1n) is 9.28. The maximum atomic E-state index is 12.9. The largest absolute Gasteiger partial charge is 0.304 e. The molecule has 0 spiro atoms. The summed E-state index contributed by atoms with van der Waals surface area (Å²) in [6.07, 6.45) is 1.65. The van der Waals surface area contributed by atoms with E-state index in [4.69, 9.17) is 0 Å². The molecule has 0 amide bonds.